The smallest absolute Gasteiger partial charge is 0.173 e. The van der Waals surface area contributed by atoms with Crippen LogP contribution in [0.2, 0.25) is 5.02 Å². The van der Waals surface area contributed by atoms with Gasteiger partial charge >= 0.3 is 0 Å². The molecule has 4 nitrogen and oxygen atoms in total. The highest BCUT2D eigenvalue weighted by molar-refractivity contribution is 6.33. The predicted octanol–water partition coefficient (Wildman–Crippen LogP) is 3.60. The van der Waals surface area contributed by atoms with Gasteiger partial charge in [0, 0.05) is 41.3 Å². The number of nitrogens with zero attached hydrogens (tertiary/aromatic N) is 4. The molecule has 0 atom stereocenters. The number of fused-ring (bicyclic) bond motifs is 2. The van der Waals surface area contributed by atoms with E-state index in [0.717, 1.165) is 21.9 Å². The van der Waals surface area contributed by atoms with E-state index in [1.807, 2.05) is 36.8 Å². The summed E-state index contributed by atoms with van der Waals surface area (Å²) in [5, 5.41) is 6.98. The van der Waals surface area contributed by atoms with Crippen LogP contribution in [-0.4, -0.2) is 19.6 Å². The summed E-state index contributed by atoms with van der Waals surface area (Å²) >= 11 is 6.01. The Hall–Kier alpha value is -2.46. The molecule has 0 spiro atoms. The van der Waals surface area contributed by atoms with E-state index in [-0.39, 0.29) is 0 Å². The van der Waals surface area contributed by atoms with Gasteiger partial charge in [0.15, 0.2) is 5.65 Å². The molecule has 4 aromatic rings. The lowest BCUT2D eigenvalue weighted by Crippen LogP contribution is -1.92. The molecule has 96 valence electrons. The van der Waals surface area contributed by atoms with Crippen LogP contribution in [0.1, 0.15) is 0 Å². The third kappa shape index (κ3) is 1.66. The third-order valence-electron chi connectivity index (χ3n) is 3.29. The molecule has 0 bridgehead atoms. The van der Waals surface area contributed by atoms with Crippen molar-refractivity contribution in [2.75, 3.05) is 0 Å². The summed E-state index contributed by atoms with van der Waals surface area (Å²) in [6, 6.07) is 8.14. The van der Waals surface area contributed by atoms with Crippen LogP contribution in [-0.2, 0) is 0 Å². The first-order chi connectivity index (χ1) is 9.83. The topological polar surface area (TPSA) is 43.1 Å². The summed E-state index contributed by atoms with van der Waals surface area (Å²) < 4.78 is 1.68. The number of halogens is 1. The maximum Gasteiger partial charge on any atom is 0.173 e. The summed E-state index contributed by atoms with van der Waals surface area (Å²) in [5.41, 5.74) is 2.65. The predicted molar refractivity (Wildman–Crippen MR) is 78.7 cm³/mol. The molecule has 0 unspecified atom stereocenters. The van der Waals surface area contributed by atoms with Crippen LogP contribution in [0, 0.1) is 0 Å². The minimum atomic E-state index is 0.549. The fourth-order valence-corrected chi connectivity index (χ4v) is 2.51. The molecule has 20 heavy (non-hydrogen) atoms. The first-order valence-electron chi connectivity index (χ1n) is 6.15. The second-order valence-electron chi connectivity index (χ2n) is 4.51. The van der Waals surface area contributed by atoms with Gasteiger partial charge in [0.05, 0.1) is 6.20 Å². The number of rotatable bonds is 1. The molecule has 4 rings (SSSR count). The zero-order valence-electron chi connectivity index (χ0n) is 10.4. The van der Waals surface area contributed by atoms with E-state index >= 15 is 0 Å². The highest BCUT2D eigenvalue weighted by atomic mass is 35.5. The second-order valence-corrected chi connectivity index (χ2v) is 4.92. The van der Waals surface area contributed by atoms with Crippen molar-refractivity contribution in [2.45, 2.75) is 0 Å². The minimum Gasteiger partial charge on any atom is -0.263 e. The number of benzene rings is 1. The summed E-state index contributed by atoms with van der Waals surface area (Å²) in [5.74, 6) is 0. The molecule has 0 amide bonds. The number of hydrogen-bond acceptors (Lipinski definition) is 3. The van der Waals surface area contributed by atoms with Gasteiger partial charge in [0.2, 0.25) is 0 Å². The van der Waals surface area contributed by atoms with E-state index < -0.39 is 0 Å². The van der Waals surface area contributed by atoms with E-state index in [2.05, 4.69) is 21.1 Å². The van der Waals surface area contributed by atoms with Crippen LogP contribution in [0.3, 0.4) is 0 Å². The van der Waals surface area contributed by atoms with Gasteiger partial charge in [-0.3, -0.25) is 4.98 Å². The van der Waals surface area contributed by atoms with Crippen LogP contribution in [0.4, 0.5) is 0 Å². The van der Waals surface area contributed by atoms with Gasteiger partial charge in [-0.15, -0.1) is 0 Å². The van der Waals surface area contributed by atoms with Crippen molar-refractivity contribution in [1.82, 2.24) is 19.6 Å². The normalized spacial score (nSPS) is 11.2. The molecule has 0 saturated carbocycles. The zero-order chi connectivity index (χ0) is 13.5. The number of pyridine rings is 1. The minimum absolute atomic E-state index is 0.549. The molecule has 5 heteroatoms. The van der Waals surface area contributed by atoms with Gasteiger partial charge in [-0.25, -0.2) is 9.50 Å². The summed E-state index contributed by atoms with van der Waals surface area (Å²) in [6.07, 6.45) is 9.00. The average Bonchev–Trinajstić information content (AvgIpc) is 2.87. The summed E-state index contributed by atoms with van der Waals surface area (Å²) in [6.45, 7) is 0. The lowest BCUT2D eigenvalue weighted by molar-refractivity contribution is 0.941. The molecule has 3 heterocycles. The van der Waals surface area contributed by atoms with Gasteiger partial charge in [0.1, 0.15) is 5.02 Å². The molecule has 0 aliphatic rings. The van der Waals surface area contributed by atoms with Crippen LogP contribution in [0.25, 0.3) is 27.5 Å². The first-order valence-corrected chi connectivity index (χ1v) is 6.53. The van der Waals surface area contributed by atoms with Crippen LogP contribution >= 0.6 is 11.6 Å². The van der Waals surface area contributed by atoms with E-state index in [4.69, 9.17) is 11.6 Å². The molecule has 0 aliphatic carbocycles. The van der Waals surface area contributed by atoms with Crippen molar-refractivity contribution in [3.8, 4) is 11.1 Å². The maximum absolute atomic E-state index is 6.01. The van der Waals surface area contributed by atoms with Gasteiger partial charge < -0.3 is 0 Å². The highest BCUT2D eigenvalue weighted by Crippen LogP contribution is 2.27. The van der Waals surface area contributed by atoms with Crippen LogP contribution < -0.4 is 0 Å². The Kier molecular flexibility index (Phi) is 2.44. The monoisotopic (exact) mass is 280 g/mol. The van der Waals surface area contributed by atoms with Crippen molar-refractivity contribution < 1.29 is 0 Å². The van der Waals surface area contributed by atoms with E-state index in [1.165, 1.54) is 0 Å². The van der Waals surface area contributed by atoms with Crippen LogP contribution in [0.5, 0.6) is 0 Å². The quantitative estimate of drug-likeness (QED) is 0.535. The first kappa shape index (κ1) is 11.4. The Morgan fingerprint density at radius 2 is 1.90 bits per heavy atom. The van der Waals surface area contributed by atoms with E-state index in [9.17, 15) is 0 Å². The van der Waals surface area contributed by atoms with Gasteiger partial charge in [-0.2, -0.15) is 5.10 Å². The summed E-state index contributed by atoms with van der Waals surface area (Å²) in [7, 11) is 0. The Labute approximate surface area is 119 Å². The SMILES string of the molecule is Clc1cnn2cc(-c3cncc4ccccc34)cnc12. The van der Waals surface area contributed by atoms with Crippen molar-refractivity contribution >= 4 is 28.0 Å². The standard InChI is InChI=1S/C15H9ClN4/c16-14-8-19-20-9-11(6-18-15(14)20)13-7-17-5-10-3-1-2-4-12(10)13/h1-9H. The number of hydrogen-bond donors (Lipinski definition) is 0. The Balaban J connectivity index is 2.01. The molecular weight excluding hydrogens is 272 g/mol. The molecular formula is C15H9ClN4. The summed E-state index contributed by atoms with van der Waals surface area (Å²) in [4.78, 5) is 8.66. The van der Waals surface area contributed by atoms with Crippen molar-refractivity contribution in [3.63, 3.8) is 0 Å². The van der Waals surface area contributed by atoms with E-state index in [1.54, 1.807) is 16.9 Å². The molecule has 3 aromatic heterocycles. The molecule has 0 aliphatic heterocycles. The molecule has 0 radical (unpaired) electrons. The molecule has 1 aromatic carbocycles. The molecule has 0 fully saturated rings. The number of aromatic nitrogens is 4. The largest absolute Gasteiger partial charge is 0.263 e. The average molecular weight is 281 g/mol. The lowest BCUT2D eigenvalue weighted by Gasteiger charge is -2.06. The Morgan fingerprint density at radius 3 is 2.85 bits per heavy atom. The Morgan fingerprint density at radius 1 is 1.00 bits per heavy atom. The van der Waals surface area contributed by atoms with Crippen LogP contribution in [0.15, 0.2) is 55.2 Å². The molecule has 0 saturated heterocycles. The fraction of sp³-hybridized carbons (Fsp3) is 0. The van der Waals surface area contributed by atoms with E-state index in [0.29, 0.717) is 10.7 Å². The van der Waals surface area contributed by atoms with Gasteiger partial charge in [-0.05, 0) is 5.39 Å². The third-order valence-corrected chi connectivity index (χ3v) is 3.56. The molecule has 0 N–H and O–H groups in total. The van der Waals surface area contributed by atoms with Crippen molar-refractivity contribution in [1.29, 1.82) is 0 Å². The maximum atomic E-state index is 6.01. The van der Waals surface area contributed by atoms with Crippen molar-refractivity contribution in [3.05, 3.63) is 60.3 Å². The van der Waals surface area contributed by atoms with Crippen molar-refractivity contribution in [2.24, 2.45) is 0 Å². The second kappa shape index (κ2) is 4.28. The highest BCUT2D eigenvalue weighted by Gasteiger charge is 2.08. The van der Waals surface area contributed by atoms with Gasteiger partial charge in [0.25, 0.3) is 0 Å². The lowest BCUT2D eigenvalue weighted by atomic mass is 10.0. The zero-order valence-corrected chi connectivity index (χ0v) is 11.1. The fourth-order valence-electron chi connectivity index (χ4n) is 2.33. The Bertz CT molecular complexity index is 924. The van der Waals surface area contributed by atoms with Gasteiger partial charge in [-0.1, -0.05) is 35.9 Å².